The highest BCUT2D eigenvalue weighted by atomic mass is 35.5. The van der Waals surface area contributed by atoms with Gasteiger partial charge in [-0.1, -0.05) is 62.7 Å². The van der Waals surface area contributed by atoms with Crippen LogP contribution in [0, 0.1) is 0 Å². The topological polar surface area (TPSA) is 27.5 Å². The van der Waals surface area contributed by atoms with E-state index in [4.69, 9.17) is 16.7 Å². The Labute approximate surface area is 209 Å². The maximum Gasteiger partial charge on any atom is 0.137 e. The van der Waals surface area contributed by atoms with Crippen LogP contribution in [0.3, 0.4) is 0 Å². The Morgan fingerprint density at radius 2 is 1.59 bits per heavy atom. The van der Waals surface area contributed by atoms with Crippen molar-refractivity contribution in [1.82, 2.24) is 19.6 Å². The molecular weight excluding hydrogens is 442 g/mol. The number of rotatable bonds is 10. The Bertz CT molecular complexity index is 1020. The summed E-state index contributed by atoms with van der Waals surface area (Å²) in [6, 6.07) is 18.9. The molecule has 0 saturated carbocycles. The Kier molecular flexibility index (Phi) is 8.65. The van der Waals surface area contributed by atoms with E-state index < -0.39 is 0 Å². The monoisotopic (exact) mass is 479 g/mol. The fraction of sp³-hybridized carbons (Fsp3) is 0.464. The summed E-state index contributed by atoms with van der Waals surface area (Å²) >= 11 is 6.13. The predicted octanol–water partition coefficient (Wildman–Crippen LogP) is 5.64. The molecule has 0 aliphatic carbocycles. The first-order valence-corrected chi connectivity index (χ1v) is 13.1. The number of benzene rings is 2. The summed E-state index contributed by atoms with van der Waals surface area (Å²) in [5.74, 6) is 1.27. The predicted molar refractivity (Wildman–Crippen MR) is 143 cm³/mol. The summed E-state index contributed by atoms with van der Waals surface area (Å²) in [5.41, 5.74) is 5.01. The largest absolute Gasteiger partial charge is 0.354 e. The van der Waals surface area contributed by atoms with Crippen LogP contribution in [0.1, 0.15) is 44.0 Å². The molecule has 0 unspecified atom stereocenters. The van der Waals surface area contributed by atoms with E-state index in [9.17, 15) is 0 Å². The summed E-state index contributed by atoms with van der Waals surface area (Å²) < 4.78 is 2.20. The van der Waals surface area contributed by atoms with E-state index in [2.05, 4.69) is 82.6 Å². The van der Waals surface area contributed by atoms with Crippen LogP contribution < -0.4 is 4.90 Å². The second kappa shape index (κ2) is 11.9. The first-order valence-electron chi connectivity index (χ1n) is 12.7. The van der Waals surface area contributed by atoms with E-state index >= 15 is 0 Å². The first kappa shape index (κ1) is 24.8. The summed E-state index contributed by atoms with van der Waals surface area (Å²) in [5, 5.41) is 5.95. The van der Waals surface area contributed by atoms with E-state index in [1.54, 1.807) is 0 Å². The van der Waals surface area contributed by atoms with Gasteiger partial charge in [0, 0.05) is 49.9 Å². The van der Waals surface area contributed by atoms with Gasteiger partial charge in [-0.3, -0.25) is 4.90 Å². The van der Waals surface area contributed by atoms with Gasteiger partial charge in [0.1, 0.15) is 5.82 Å². The summed E-state index contributed by atoms with van der Waals surface area (Å²) in [6.45, 7) is 15.0. The van der Waals surface area contributed by atoms with Gasteiger partial charge in [-0.25, -0.2) is 4.68 Å². The van der Waals surface area contributed by atoms with Gasteiger partial charge in [0.25, 0.3) is 0 Å². The number of halogens is 1. The van der Waals surface area contributed by atoms with Crippen molar-refractivity contribution in [2.24, 2.45) is 0 Å². The molecule has 34 heavy (non-hydrogen) atoms. The highest BCUT2D eigenvalue weighted by Gasteiger charge is 2.27. The van der Waals surface area contributed by atoms with Crippen LogP contribution in [0.4, 0.5) is 5.82 Å². The van der Waals surface area contributed by atoms with Crippen LogP contribution in [0.5, 0.6) is 0 Å². The van der Waals surface area contributed by atoms with Gasteiger partial charge in [-0.15, -0.1) is 0 Å². The highest BCUT2D eigenvalue weighted by Crippen LogP contribution is 2.31. The lowest BCUT2D eigenvalue weighted by molar-refractivity contribution is 0.254. The van der Waals surface area contributed by atoms with Gasteiger partial charge in [-0.2, -0.15) is 5.10 Å². The average Bonchev–Trinajstić information content (AvgIpc) is 3.24. The highest BCUT2D eigenvalue weighted by molar-refractivity contribution is 6.30. The number of likely N-dealkylation sites (N-methyl/N-ethyl adjacent to an activating group) is 1. The molecule has 0 radical (unpaired) electrons. The molecule has 0 spiro atoms. The van der Waals surface area contributed by atoms with Crippen molar-refractivity contribution in [3.05, 3.63) is 76.4 Å². The summed E-state index contributed by atoms with van der Waals surface area (Å²) in [6.07, 6.45) is 2.05. The lowest BCUT2D eigenvalue weighted by Gasteiger charge is -2.36. The SMILES string of the molecule is CCCN(Cc1ccc(Cl)cc1)Cc1c(CC)nn(-c2ccccc2)c1N1CCN(CC)CC1. The zero-order valence-electron chi connectivity index (χ0n) is 20.9. The van der Waals surface area contributed by atoms with Crippen LogP contribution in [0.2, 0.25) is 5.02 Å². The normalized spacial score (nSPS) is 14.8. The Morgan fingerprint density at radius 3 is 2.21 bits per heavy atom. The van der Waals surface area contributed by atoms with Crippen molar-refractivity contribution in [2.45, 2.75) is 46.7 Å². The fourth-order valence-electron chi connectivity index (χ4n) is 4.88. The van der Waals surface area contributed by atoms with E-state index in [0.29, 0.717) is 0 Å². The number of aryl methyl sites for hydroxylation is 1. The molecule has 0 atom stereocenters. The second-order valence-electron chi connectivity index (χ2n) is 9.11. The number of para-hydroxylation sites is 1. The fourth-order valence-corrected chi connectivity index (χ4v) is 5.01. The Morgan fingerprint density at radius 1 is 0.882 bits per heavy atom. The molecule has 0 N–H and O–H groups in total. The van der Waals surface area contributed by atoms with Crippen molar-refractivity contribution >= 4 is 17.4 Å². The van der Waals surface area contributed by atoms with Crippen molar-refractivity contribution in [2.75, 3.05) is 44.2 Å². The molecular formula is C28H38ClN5. The molecule has 182 valence electrons. The number of anilines is 1. The van der Waals surface area contributed by atoms with E-state index in [1.807, 2.05) is 12.1 Å². The van der Waals surface area contributed by atoms with Crippen LogP contribution >= 0.6 is 11.6 Å². The molecule has 3 aromatic rings. The van der Waals surface area contributed by atoms with Gasteiger partial charge in [0.15, 0.2) is 0 Å². The van der Waals surface area contributed by atoms with Crippen LogP contribution in [0.25, 0.3) is 5.69 Å². The minimum Gasteiger partial charge on any atom is -0.354 e. The average molecular weight is 480 g/mol. The van der Waals surface area contributed by atoms with E-state index in [-0.39, 0.29) is 0 Å². The lowest BCUT2D eigenvalue weighted by atomic mass is 10.1. The number of nitrogens with zero attached hydrogens (tertiary/aromatic N) is 5. The molecule has 1 saturated heterocycles. The molecule has 1 aromatic heterocycles. The van der Waals surface area contributed by atoms with Crippen molar-refractivity contribution in [3.8, 4) is 5.69 Å². The Balaban J connectivity index is 1.70. The summed E-state index contributed by atoms with van der Waals surface area (Å²) in [4.78, 5) is 7.65. The minimum absolute atomic E-state index is 0.789. The van der Waals surface area contributed by atoms with Crippen molar-refractivity contribution in [3.63, 3.8) is 0 Å². The van der Waals surface area contributed by atoms with Crippen LogP contribution in [-0.2, 0) is 19.5 Å². The zero-order valence-corrected chi connectivity index (χ0v) is 21.6. The number of hydrogen-bond acceptors (Lipinski definition) is 4. The number of piperazine rings is 1. The first-order chi connectivity index (χ1) is 16.6. The molecule has 4 rings (SSSR count). The van der Waals surface area contributed by atoms with Gasteiger partial charge in [0.05, 0.1) is 11.4 Å². The minimum atomic E-state index is 0.789. The van der Waals surface area contributed by atoms with Crippen LogP contribution in [0.15, 0.2) is 54.6 Å². The molecule has 1 aliphatic rings. The number of hydrogen-bond donors (Lipinski definition) is 0. The van der Waals surface area contributed by atoms with E-state index in [0.717, 1.165) is 75.9 Å². The third-order valence-corrected chi connectivity index (χ3v) is 6.99. The standard InChI is InChI=1S/C28H38ClN5/c1-4-16-32(21-23-12-14-24(29)15-13-23)22-26-27(5-2)30-34(25-10-8-7-9-11-25)28(26)33-19-17-31(6-3)18-20-33/h7-15H,4-6,16-22H2,1-3H3. The molecule has 0 bridgehead atoms. The van der Waals surface area contributed by atoms with Crippen LogP contribution in [-0.4, -0.2) is 58.8 Å². The quantitative estimate of drug-likeness (QED) is 0.376. The van der Waals surface area contributed by atoms with Gasteiger partial charge >= 0.3 is 0 Å². The molecule has 1 aliphatic heterocycles. The number of aromatic nitrogens is 2. The Hall–Kier alpha value is -2.34. The van der Waals surface area contributed by atoms with E-state index in [1.165, 1.54) is 22.6 Å². The zero-order chi connectivity index (χ0) is 23.9. The third kappa shape index (κ3) is 5.83. The maximum atomic E-state index is 6.13. The van der Waals surface area contributed by atoms with Gasteiger partial charge < -0.3 is 9.80 Å². The van der Waals surface area contributed by atoms with Gasteiger partial charge in [0.2, 0.25) is 0 Å². The van der Waals surface area contributed by atoms with Gasteiger partial charge in [-0.05, 0) is 55.8 Å². The molecule has 5 nitrogen and oxygen atoms in total. The molecule has 2 heterocycles. The van der Waals surface area contributed by atoms with Crippen molar-refractivity contribution in [1.29, 1.82) is 0 Å². The van der Waals surface area contributed by atoms with Crippen molar-refractivity contribution < 1.29 is 0 Å². The molecule has 2 aromatic carbocycles. The molecule has 6 heteroatoms. The molecule has 0 amide bonds. The molecule has 1 fully saturated rings. The third-order valence-electron chi connectivity index (χ3n) is 6.74. The second-order valence-corrected chi connectivity index (χ2v) is 9.54. The summed E-state index contributed by atoms with van der Waals surface area (Å²) in [7, 11) is 0. The lowest BCUT2D eigenvalue weighted by Crippen LogP contribution is -2.47. The maximum absolute atomic E-state index is 6.13. The smallest absolute Gasteiger partial charge is 0.137 e.